The van der Waals surface area contributed by atoms with E-state index in [2.05, 4.69) is 17.2 Å². The van der Waals surface area contributed by atoms with Crippen molar-refractivity contribution < 1.29 is 49.3 Å². The summed E-state index contributed by atoms with van der Waals surface area (Å²) in [5.74, 6) is 0.00475. The first-order valence-corrected chi connectivity index (χ1v) is 22.4. The number of aromatic hydroxyl groups is 2. The van der Waals surface area contributed by atoms with Crippen molar-refractivity contribution >= 4 is 11.8 Å². The number of nitrogens with zero attached hydrogens (tertiary/aromatic N) is 1. The number of benzene rings is 2. The van der Waals surface area contributed by atoms with Gasteiger partial charge >= 0.3 is 5.97 Å². The van der Waals surface area contributed by atoms with Gasteiger partial charge in [-0.1, -0.05) is 25.3 Å². The number of phenols is 2. The number of aliphatic carboxylic acids is 1. The number of aryl methyl sites for hydroxylation is 1. The summed E-state index contributed by atoms with van der Waals surface area (Å²) in [6.07, 6.45) is 11.4. The fourth-order valence-electron chi connectivity index (χ4n) is 13.7. The summed E-state index contributed by atoms with van der Waals surface area (Å²) in [5.41, 5.74) is 8.11. The predicted octanol–water partition coefficient (Wildman–Crippen LogP) is 7.04. The van der Waals surface area contributed by atoms with E-state index in [1.165, 1.54) is 27.1 Å². The van der Waals surface area contributed by atoms with Crippen molar-refractivity contribution in [2.45, 2.75) is 133 Å². The summed E-state index contributed by atoms with van der Waals surface area (Å²) < 4.78 is 24.6. The van der Waals surface area contributed by atoms with Crippen LogP contribution in [0, 0.1) is 28.1 Å². The Morgan fingerprint density at radius 1 is 0.967 bits per heavy atom. The molecule has 2 spiro atoms. The molecule has 0 bridgehead atoms. The fourth-order valence-corrected chi connectivity index (χ4v) is 13.7. The number of anilines is 1. The van der Waals surface area contributed by atoms with Crippen molar-refractivity contribution in [2.75, 3.05) is 33.2 Å². The molecular weight excluding hydrogens is 779 g/mol. The van der Waals surface area contributed by atoms with Crippen molar-refractivity contribution in [3.63, 3.8) is 0 Å². The van der Waals surface area contributed by atoms with Crippen LogP contribution in [-0.4, -0.2) is 88.2 Å². The van der Waals surface area contributed by atoms with Gasteiger partial charge in [0.15, 0.2) is 23.0 Å². The van der Waals surface area contributed by atoms with Crippen molar-refractivity contribution in [1.82, 2.24) is 10.3 Å². The maximum Gasteiger partial charge on any atom is 0.304 e. The number of aliphatic hydroxyl groups excluding tert-OH is 2. The number of rotatable bonds is 14. The Morgan fingerprint density at radius 3 is 2.46 bits per heavy atom. The van der Waals surface area contributed by atoms with E-state index in [4.69, 9.17) is 24.7 Å². The molecule has 2 saturated heterocycles. The van der Waals surface area contributed by atoms with E-state index in [0.717, 1.165) is 56.1 Å². The van der Waals surface area contributed by atoms with Crippen LogP contribution in [0.25, 0.3) is 0 Å². The summed E-state index contributed by atoms with van der Waals surface area (Å²) >= 11 is 0. The first-order valence-electron chi connectivity index (χ1n) is 22.4. The fraction of sp³-hybridized carbons (Fsp3) is 0.625. The van der Waals surface area contributed by atoms with Gasteiger partial charge in [0.1, 0.15) is 12.4 Å². The Morgan fingerprint density at radius 2 is 1.74 bits per heavy atom. The quantitative estimate of drug-likeness (QED) is 0.0871. The van der Waals surface area contributed by atoms with E-state index < -0.39 is 35.6 Å². The van der Waals surface area contributed by atoms with Gasteiger partial charge in [0.05, 0.1) is 39.0 Å². The third-order valence-corrected chi connectivity index (χ3v) is 15.9. The average Bonchev–Trinajstić information content (AvgIpc) is 3.90. The molecule has 13 heteroatoms. The molecule has 3 saturated carbocycles. The SMILES string of the molecule is COc1cc(CCC2CC(O)C(CCO)C(c3cc(OC)c(O)c(OCC4NC(C)CC56CCCC5C5(CCCC5)CC(c5ccnc(N)c5)C46CC(=O)O)c3)O2)ccc1O. The molecule has 10 atom stereocenters. The van der Waals surface area contributed by atoms with Crippen LogP contribution in [-0.2, 0) is 16.0 Å². The number of carboxylic acids is 1. The number of nitrogen functional groups attached to an aromatic ring is 1. The molecule has 10 unspecified atom stereocenters. The first-order chi connectivity index (χ1) is 29.4. The summed E-state index contributed by atoms with van der Waals surface area (Å²) in [4.78, 5) is 17.7. The zero-order valence-corrected chi connectivity index (χ0v) is 35.9. The van der Waals surface area contributed by atoms with Gasteiger partial charge in [0, 0.05) is 36.2 Å². The second-order valence-corrected chi connectivity index (χ2v) is 19.0. The highest BCUT2D eigenvalue weighted by molar-refractivity contribution is 5.69. The number of nitrogens with two attached hydrogens (primary N) is 1. The van der Waals surface area contributed by atoms with Gasteiger partial charge in [-0.2, -0.15) is 0 Å². The minimum absolute atomic E-state index is 0.0372. The van der Waals surface area contributed by atoms with Crippen LogP contribution in [0.1, 0.15) is 119 Å². The standard InChI is InChI=1S/C48H65N3O10/c1-28-24-47-16-6-7-40(47)46(14-4-5-15-46)25-34(30-12-17-50-42(49)22-30)48(47,26-43(55)56)41(51-28)27-60-39-21-31(20-38(59-3)44(39)57)45-33(13-18-52)36(54)23-32(61-45)10-8-29-9-11-35(53)37(19-29)58-2/h9,11-12,17,19-22,28,32-34,36,40-41,45,51-54,57H,4-8,10,13-16,18,23-27H2,1-3H3,(H2,49,50)(H,55,56). The lowest BCUT2D eigenvalue weighted by molar-refractivity contribution is -0.193. The number of fused-ring (bicyclic) bond motifs is 1. The van der Waals surface area contributed by atoms with Crippen LogP contribution >= 0.6 is 0 Å². The number of hydrogen-bond acceptors (Lipinski definition) is 12. The number of methoxy groups -OCH3 is 2. The molecule has 3 aliphatic carbocycles. The Hall–Kier alpha value is -4.30. The maximum atomic E-state index is 13.4. The third kappa shape index (κ3) is 7.78. The molecular formula is C48H65N3O10. The number of piperidine rings is 1. The van der Waals surface area contributed by atoms with Crippen molar-refractivity contribution in [1.29, 1.82) is 0 Å². The Kier molecular flexibility index (Phi) is 12.4. The number of carbonyl (C=O) groups is 1. The summed E-state index contributed by atoms with van der Waals surface area (Å²) in [6, 6.07) is 12.4. The van der Waals surface area contributed by atoms with Crippen LogP contribution in [0.3, 0.4) is 0 Å². The lowest BCUT2D eigenvalue weighted by Gasteiger charge is -2.70. The second-order valence-electron chi connectivity index (χ2n) is 19.0. The molecule has 5 fully saturated rings. The summed E-state index contributed by atoms with van der Waals surface area (Å²) in [5, 5.41) is 58.3. The summed E-state index contributed by atoms with van der Waals surface area (Å²) in [6.45, 7) is 2.15. The molecule has 2 aliphatic heterocycles. The van der Waals surface area contributed by atoms with Crippen LogP contribution in [0.15, 0.2) is 48.7 Å². The predicted molar refractivity (Wildman–Crippen MR) is 229 cm³/mol. The number of ether oxygens (including phenoxy) is 4. The molecule has 0 radical (unpaired) electrons. The van der Waals surface area contributed by atoms with Crippen LogP contribution < -0.4 is 25.3 Å². The normalized spacial score (nSPS) is 32.9. The van der Waals surface area contributed by atoms with Crippen molar-refractivity contribution in [2.24, 2.45) is 28.1 Å². The van der Waals surface area contributed by atoms with E-state index in [1.807, 2.05) is 18.2 Å². The highest BCUT2D eigenvalue weighted by Crippen LogP contribution is 2.77. The van der Waals surface area contributed by atoms with E-state index in [1.54, 1.807) is 30.5 Å². The number of carboxylic acid groups (broad SMARTS) is 1. The molecule has 3 aromatic rings. The molecule has 332 valence electrons. The van der Waals surface area contributed by atoms with E-state index >= 15 is 0 Å². The average molecular weight is 844 g/mol. The van der Waals surface area contributed by atoms with E-state index in [-0.39, 0.29) is 71.5 Å². The zero-order chi connectivity index (χ0) is 43.1. The number of aromatic nitrogens is 1. The molecule has 0 amide bonds. The van der Waals surface area contributed by atoms with Crippen molar-refractivity contribution in [3.05, 3.63) is 65.4 Å². The zero-order valence-electron chi connectivity index (χ0n) is 35.9. The molecule has 3 heterocycles. The summed E-state index contributed by atoms with van der Waals surface area (Å²) in [7, 11) is 2.98. The lowest BCUT2D eigenvalue weighted by Crippen LogP contribution is -2.72. The Bertz CT molecular complexity index is 2040. The lowest BCUT2D eigenvalue weighted by atomic mass is 9.36. The number of phenolic OH excluding ortho intramolecular Hbond substituents is 2. The van der Waals surface area contributed by atoms with Crippen LogP contribution in [0.2, 0.25) is 0 Å². The van der Waals surface area contributed by atoms with Crippen LogP contribution in [0.4, 0.5) is 5.82 Å². The van der Waals surface area contributed by atoms with Gasteiger partial charge < -0.3 is 55.5 Å². The number of nitrogens with one attached hydrogen (secondary N) is 1. The largest absolute Gasteiger partial charge is 0.504 e. The Labute approximate surface area is 359 Å². The van der Waals surface area contributed by atoms with Crippen molar-refractivity contribution in [3.8, 4) is 28.7 Å². The van der Waals surface area contributed by atoms with Gasteiger partial charge in [0.25, 0.3) is 0 Å². The van der Waals surface area contributed by atoms with Crippen LogP contribution in [0.5, 0.6) is 28.7 Å². The monoisotopic (exact) mass is 843 g/mol. The number of aliphatic hydroxyl groups is 2. The van der Waals surface area contributed by atoms with Gasteiger partial charge in [-0.15, -0.1) is 0 Å². The highest BCUT2D eigenvalue weighted by atomic mass is 16.5. The molecule has 61 heavy (non-hydrogen) atoms. The molecule has 8 rings (SSSR count). The number of hydrogen-bond donors (Lipinski definition) is 7. The van der Waals surface area contributed by atoms with Gasteiger partial charge in [-0.05, 0) is 147 Å². The number of pyridine rings is 1. The van der Waals surface area contributed by atoms with Gasteiger partial charge in [-0.25, -0.2) is 4.98 Å². The third-order valence-electron chi connectivity index (χ3n) is 15.9. The Balaban J connectivity index is 1.15. The van der Waals surface area contributed by atoms with E-state index in [0.29, 0.717) is 48.7 Å². The molecule has 2 aromatic carbocycles. The minimum atomic E-state index is -0.839. The first kappa shape index (κ1) is 43.4. The van der Waals surface area contributed by atoms with E-state index in [9.17, 15) is 30.3 Å². The molecule has 13 nitrogen and oxygen atoms in total. The highest BCUT2D eigenvalue weighted by Gasteiger charge is 2.73. The smallest absolute Gasteiger partial charge is 0.304 e. The maximum absolute atomic E-state index is 13.4. The molecule has 8 N–H and O–H groups in total. The molecule has 1 aromatic heterocycles. The molecule has 5 aliphatic rings. The second kappa shape index (κ2) is 17.5. The van der Waals surface area contributed by atoms with Gasteiger partial charge in [0.2, 0.25) is 5.75 Å². The minimum Gasteiger partial charge on any atom is -0.504 e. The topological polar surface area (TPSA) is 206 Å². The van der Waals surface area contributed by atoms with Gasteiger partial charge in [-0.3, -0.25) is 4.79 Å².